The summed E-state index contributed by atoms with van der Waals surface area (Å²) in [6.45, 7) is 4.48. The summed E-state index contributed by atoms with van der Waals surface area (Å²) in [6, 6.07) is 59.2. The third-order valence-corrected chi connectivity index (χ3v) is 14.7. The Bertz CT molecular complexity index is 4470. The summed E-state index contributed by atoms with van der Waals surface area (Å²) in [5.74, 6) is 5.30. The van der Waals surface area contributed by atoms with Crippen molar-refractivity contribution >= 4 is 67.6 Å². The van der Waals surface area contributed by atoms with E-state index in [0.717, 1.165) is 112 Å². The first-order valence-corrected chi connectivity index (χ1v) is 28.2. The first-order chi connectivity index (χ1) is 42.3. The zero-order valence-corrected chi connectivity index (χ0v) is 46.7. The molecule has 0 saturated carbocycles. The van der Waals surface area contributed by atoms with Gasteiger partial charge in [0.15, 0.2) is 34.9 Å². The topological polar surface area (TPSA) is 224 Å². The van der Waals surface area contributed by atoms with Gasteiger partial charge in [0.05, 0.1) is 40.2 Å². The number of H-pyrrole nitrogens is 3. The number of ether oxygens (including phenoxy) is 1. The number of nitrogens with zero attached hydrogens (tertiary/aromatic N) is 10. The molecule has 0 radical (unpaired) electrons. The molecule has 6 aromatic heterocycles. The number of rotatable bonds is 13. The Morgan fingerprint density at radius 2 is 0.977 bits per heavy atom. The Kier molecular flexibility index (Phi) is 15.9. The van der Waals surface area contributed by atoms with Crippen LogP contribution in [0.4, 0.5) is 43.7 Å². The average molecular weight is 1140 g/mol. The fourth-order valence-corrected chi connectivity index (χ4v) is 10.5. The smallest absolute Gasteiger partial charge is 0.161 e. The summed E-state index contributed by atoms with van der Waals surface area (Å²) in [5.41, 5.74) is 11.6. The quantitative estimate of drug-likeness (QED) is 0.0570. The highest BCUT2D eigenvalue weighted by atomic mass is 19.1. The number of nitrogens with one attached hydrogen (secondary N) is 7. The molecule has 8 heterocycles. The van der Waals surface area contributed by atoms with E-state index in [1.54, 1.807) is 19.2 Å². The number of halogens is 2. The van der Waals surface area contributed by atoms with Gasteiger partial charge >= 0.3 is 0 Å². The van der Waals surface area contributed by atoms with Crippen LogP contribution >= 0.6 is 0 Å². The number of aromatic amines is 3. The normalized spacial score (nSPS) is 12.8. The molecule has 15 rings (SSSR count). The molecule has 426 valence electrons. The molecule has 13 aromatic rings. The predicted octanol–water partition coefficient (Wildman–Crippen LogP) is 12.9. The van der Waals surface area contributed by atoms with Crippen molar-refractivity contribution in [3.05, 3.63) is 233 Å². The third-order valence-electron chi connectivity index (χ3n) is 14.7. The van der Waals surface area contributed by atoms with Crippen molar-refractivity contribution in [1.82, 2.24) is 70.7 Å². The van der Waals surface area contributed by atoms with E-state index in [1.807, 2.05) is 127 Å². The first-order valence-electron chi connectivity index (χ1n) is 28.2. The molecule has 0 unspecified atom stereocenters. The zero-order valence-electron chi connectivity index (χ0n) is 46.7. The van der Waals surface area contributed by atoms with Gasteiger partial charge in [-0.3, -0.25) is 20.2 Å². The number of hydrogen-bond acceptors (Lipinski definition) is 15. The highest BCUT2D eigenvalue weighted by molar-refractivity contribution is 5.93. The number of para-hydroxylation sites is 1. The molecule has 18 nitrogen and oxygen atoms in total. The molecule has 2 aliphatic rings. The van der Waals surface area contributed by atoms with E-state index in [2.05, 4.69) is 91.0 Å². The van der Waals surface area contributed by atoms with Gasteiger partial charge in [-0.25, -0.2) is 38.7 Å². The molecule has 2 aliphatic heterocycles. The largest absolute Gasteiger partial charge is 0.378 e. The van der Waals surface area contributed by atoms with E-state index in [9.17, 15) is 8.78 Å². The van der Waals surface area contributed by atoms with Crippen LogP contribution in [0.1, 0.15) is 33.8 Å². The van der Waals surface area contributed by atoms with E-state index in [0.29, 0.717) is 70.5 Å². The van der Waals surface area contributed by atoms with E-state index in [1.165, 1.54) is 29.8 Å². The summed E-state index contributed by atoms with van der Waals surface area (Å²) in [6.07, 6.45) is 1.66. The second-order valence-electron chi connectivity index (χ2n) is 20.6. The molecular weight excluding hydrogens is 1080 g/mol. The van der Waals surface area contributed by atoms with Crippen molar-refractivity contribution < 1.29 is 13.5 Å². The molecule has 0 bridgehead atoms. The number of aromatic nitrogens is 12. The summed E-state index contributed by atoms with van der Waals surface area (Å²) >= 11 is 0. The van der Waals surface area contributed by atoms with E-state index < -0.39 is 0 Å². The Hall–Kier alpha value is -10.7. The van der Waals surface area contributed by atoms with Gasteiger partial charge in [0.1, 0.15) is 29.1 Å². The van der Waals surface area contributed by atoms with Crippen LogP contribution in [-0.4, -0.2) is 85.6 Å². The van der Waals surface area contributed by atoms with Crippen molar-refractivity contribution in [3.63, 3.8) is 0 Å². The summed E-state index contributed by atoms with van der Waals surface area (Å²) < 4.78 is 32.9. The van der Waals surface area contributed by atoms with Gasteiger partial charge in [-0.15, -0.1) is 0 Å². The van der Waals surface area contributed by atoms with Crippen LogP contribution in [0.5, 0.6) is 0 Å². The minimum absolute atomic E-state index is 0.302. The Balaban J connectivity index is 0.000000121. The maximum atomic E-state index is 13.9. The fraction of sp³-hybridized carbons (Fsp3) is 0.136. The van der Waals surface area contributed by atoms with Gasteiger partial charge in [-0.2, -0.15) is 15.3 Å². The third kappa shape index (κ3) is 12.3. The highest BCUT2D eigenvalue weighted by Gasteiger charge is 2.25. The van der Waals surface area contributed by atoms with Crippen molar-refractivity contribution in [2.45, 2.75) is 39.1 Å². The summed E-state index contributed by atoms with van der Waals surface area (Å²) in [7, 11) is 1.65. The maximum absolute atomic E-state index is 13.9. The maximum Gasteiger partial charge on any atom is 0.161 e. The lowest BCUT2D eigenvalue weighted by Gasteiger charge is -2.29. The summed E-state index contributed by atoms with van der Waals surface area (Å²) in [5, 5.41) is 37.7. The van der Waals surface area contributed by atoms with Crippen LogP contribution in [0.25, 0.3) is 66.9 Å². The molecular formula is C66H57F2N17O. The second kappa shape index (κ2) is 25.0. The van der Waals surface area contributed by atoms with Gasteiger partial charge in [0.25, 0.3) is 0 Å². The van der Waals surface area contributed by atoms with Gasteiger partial charge < -0.3 is 26.0 Å². The molecule has 0 atom stereocenters. The van der Waals surface area contributed by atoms with Crippen LogP contribution in [0.2, 0.25) is 0 Å². The Morgan fingerprint density at radius 3 is 1.56 bits per heavy atom. The van der Waals surface area contributed by atoms with Gasteiger partial charge in [-0.05, 0) is 54.1 Å². The number of benzene rings is 7. The van der Waals surface area contributed by atoms with Crippen molar-refractivity contribution in [2.75, 3.05) is 36.1 Å². The van der Waals surface area contributed by atoms with Gasteiger partial charge in [0.2, 0.25) is 0 Å². The van der Waals surface area contributed by atoms with Crippen molar-refractivity contribution in [1.29, 1.82) is 0 Å². The number of methoxy groups -OCH3 is 1. The number of anilines is 6. The second-order valence-corrected chi connectivity index (χ2v) is 20.6. The number of fused-ring (bicyclic) bond motifs is 5. The van der Waals surface area contributed by atoms with Crippen LogP contribution in [0.3, 0.4) is 0 Å². The van der Waals surface area contributed by atoms with E-state index >= 15 is 0 Å². The standard InChI is InChI=1S/C27H23FN6.C20H17FN6.C19H17N5O/c28-20-11-12-24-21(15-20)27(33-32-24)31-26-22-17-34(16-18-7-3-1-4-8-18)14-13-23(22)29-25(30-26)19-9-5-2-6-10-19;21-13-6-7-17-14(10-13)20(27-26-17)25-19-15-11-22-9-8-16(15)23-18(24-19)12-4-2-1-3-5-12;1-25-12-14-11-17(21-18(20-14)13-7-3-2-4-8-13)22-19-15-9-5-6-10-16(15)23-24-19/h1-12,15H,13-14,16-17H2,(H2,29,30,31,32,33);1-7,10,22H,8-9,11H2,(H2,23,24,25,26,27);2-11H,12H2,1H3,(H2,20,21,22,23,24). The van der Waals surface area contributed by atoms with Crippen LogP contribution in [0, 0.1) is 11.6 Å². The van der Waals surface area contributed by atoms with Crippen molar-refractivity contribution in [2.24, 2.45) is 0 Å². The molecule has 20 heteroatoms. The van der Waals surface area contributed by atoms with E-state index in [4.69, 9.17) is 24.7 Å². The lowest BCUT2D eigenvalue weighted by molar-refractivity contribution is 0.181. The first kappa shape index (κ1) is 54.6. The lowest BCUT2D eigenvalue weighted by atomic mass is 10.0. The van der Waals surface area contributed by atoms with Gasteiger partial charge in [0, 0.05) is 103 Å². The Morgan fingerprint density at radius 1 is 0.477 bits per heavy atom. The Labute approximate surface area is 492 Å². The molecule has 7 N–H and O–H groups in total. The lowest BCUT2D eigenvalue weighted by Crippen LogP contribution is -2.31. The van der Waals surface area contributed by atoms with Crippen LogP contribution in [0.15, 0.2) is 188 Å². The van der Waals surface area contributed by atoms with E-state index in [-0.39, 0.29) is 11.6 Å². The van der Waals surface area contributed by atoms with Crippen molar-refractivity contribution in [3.8, 4) is 34.2 Å². The predicted molar refractivity (Wildman–Crippen MR) is 331 cm³/mol. The average Bonchev–Trinajstić information content (AvgIpc) is 3.30. The molecule has 0 saturated heterocycles. The monoisotopic (exact) mass is 1140 g/mol. The minimum atomic E-state index is -0.305. The number of hydrogen-bond donors (Lipinski definition) is 7. The molecule has 7 aromatic carbocycles. The molecule has 0 spiro atoms. The molecule has 0 fully saturated rings. The van der Waals surface area contributed by atoms with Crippen LogP contribution < -0.4 is 21.3 Å². The molecule has 0 amide bonds. The summed E-state index contributed by atoms with van der Waals surface area (Å²) in [4.78, 5) is 31.0. The highest BCUT2D eigenvalue weighted by Crippen LogP contribution is 2.34. The van der Waals surface area contributed by atoms with Gasteiger partial charge in [-0.1, -0.05) is 133 Å². The van der Waals surface area contributed by atoms with Crippen LogP contribution in [-0.2, 0) is 43.8 Å². The zero-order chi connectivity index (χ0) is 58.2. The molecule has 0 aliphatic carbocycles. The molecule has 86 heavy (non-hydrogen) atoms. The fourth-order valence-electron chi connectivity index (χ4n) is 10.5. The SMILES string of the molecule is COCc1cc(Nc2n[nH]c3ccccc23)nc(-c2ccccc2)n1.Fc1ccc2[nH]nc(Nc3nc(-c4ccccc4)nc4c3CN(Cc3ccccc3)CC4)c2c1.Fc1ccc2[nH]nc(Nc3nc(-c4ccccc4)nc4c3CNCC4)c2c1. The minimum Gasteiger partial charge on any atom is -0.378 e.